The molecule has 0 aromatic heterocycles. The molecule has 0 saturated carbocycles. The molecule has 0 spiro atoms. The van der Waals surface area contributed by atoms with Crippen LogP contribution in [0.3, 0.4) is 0 Å². The lowest BCUT2D eigenvalue weighted by Crippen LogP contribution is -2.50. The first-order valence-corrected chi connectivity index (χ1v) is 8.80. The molecule has 4 nitrogen and oxygen atoms in total. The predicted octanol–water partition coefficient (Wildman–Crippen LogP) is 3.15. The number of hydrogen-bond acceptors (Lipinski definition) is 3. The number of nitrogens with zero attached hydrogens (tertiary/aromatic N) is 1. The number of aliphatic hydroxyl groups is 1. The van der Waals surface area contributed by atoms with E-state index in [1.54, 1.807) is 0 Å². The van der Waals surface area contributed by atoms with Gasteiger partial charge in [0.25, 0.3) is 0 Å². The molecule has 136 valence electrons. The Balaban J connectivity index is 0.00000288. The molecule has 1 unspecified atom stereocenters. The highest BCUT2D eigenvalue weighted by molar-refractivity contribution is 5.85. The number of likely N-dealkylation sites (tertiary alicyclic amines) is 1. The lowest BCUT2D eigenvalue weighted by atomic mass is 9.79. The smallest absolute Gasteiger partial charge is 0.230 e. The van der Waals surface area contributed by atoms with Gasteiger partial charge in [0.1, 0.15) is 0 Å². The number of amides is 1. The Bertz CT molecular complexity index is 489. The van der Waals surface area contributed by atoms with E-state index in [0.717, 1.165) is 44.3 Å². The average molecular weight is 355 g/mol. The van der Waals surface area contributed by atoms with Gasteiger partial charge in [0.05, 0.1) is 11.5 Å². The van der Waals surface area contributed by atoms with Crippen molar-refractivity contribution in [2.75, 3.05) is 19.6 Å². The number of hydrogen-bond donors (Lipinski definition) is 2. The second-order valence-corrected chi connectivity index (χ2v) is 6.68. The Morgan fingerprint density at radius 1 is 1.25 bits per heavy atom. The van der Waals surface area contributed by atoms with Gasteiger partial charge in [-0.25, -0.2) is 0 Å². The molecule has 1 saturated heterocycles. The number of benzene rings is 1. The van der Waals surface area contributed by atoms with Gasteiger partial charge in [-0.05, 0) is 37.2 Å². The number of piperidine rings is 1. The summed E-state index contributed by atoms with van der Waals surface area (Å²) in [6.07, 6.45) is 2.81. The van der Waals surface area contributed by atoms with Gasteiger partial charge in [0.15, 0.2) is 0 Å². The van der Waals surface area contributed by atoms with Crippen LogP contribution in [0.2, 0.25) is 0 Å². The zero-order valence-corrected chi connectivity index (χ0v) is 15.6. The number of aliphatic hydroxyl groups excluding tert-OH is 1. The minimum atomic E-state index is -0.440. The number of carbonyl (C=O) groups is 1. The first-order valence-electron chi connectivity index (χ1n) is 8.80. The maximum atomic E-state index is 12.8. The molecule has 1 amide bonds. The van der Waals surface area contributed by atoms with Crippen LogP contribution in [0, 0.1) is 11.3 Å². The van der Waals surface area contributed by atoms with Gasteiger partial charge >= 0.3 is 0 Å². The van der Waals surface area contributed by atoms with E-state index in [1.807, 2.05) is 49.1 Å². The van der Waals surface area contributed by atoms with Crippen LogP contribution in [0.15, 0.2) is 30.3 Å². The molecular weight excluding hydrogens is 324 g/mol. The second kappa shape index (κ2) is 9.40. The fraction of sp³-hybridized carbons (Fsp3) is 0.632. The first kappa shape index (κ1) is 20.9. The summed E-state index contributed by atoms with van der Waals surface area (Å²) in [5.41, 5.74) is 6.46. The van der Waals surface area contributed by atoms with Crippen LogP contribution >= 0.6 is 12.4 Å². The Morgan fingerprint density at radius 2 is 1.79 bits per heavy atom. The molecule has 5 heteroatoms. The van der Waals surface area contributed by atoms with Crippen molar-refractivity contribution in [1.82, 2.24) is 4.90 Å². The highest BCUT2D eigenvalue weighted by Gasteiger charge is 2.38. The summed E-state index contributed by atoms with van der Waals surface area (Å²) in [7, 11) is 0. The van der Waals surface area contributed by atoms with Gasteiger partial charge in [-0.15, -0.1) is 12.4 Å². The molecule has 1 aromatic carbocycles. The lowest BCUT2D eigenvalue weighted by molar-refractivity contribution is -0.144. The van der Waals surface area contributed by atoms with Crippen molar-refractivity contribution >= 4 is 18.3 Å². The van der Waals surface area contributed by atoms with Crippen LogP contribution in [0.5, 0.6) is 0 Å². The number of carbonyl (C=O) groups excluding carboxylic acids is 1. The van der Waals surface area contributed by atoms with Crippen LogP contribution in [0.1, 0.15) is 51.2 Å². The summed E-state index contributed by atoms with van der Waals surface area (Å²) in [6, 6.07) is 9.80. The topological polar surface area (TPSA) is 66.6 Å². The van der Waals surface area contributed by atoms with Crippen LogP contribution < -0.4 is 5.73 Å². The van der Waals surface area contributed by atoms with Gasteiger partial charge < -0.3 is 15.7 Å². The van der Waals surface area contributed by atoms with Gasteiger partial charge in [0, 0.05) is 19.6 Å². The third-order valence-corrected chi connectivity index (χ3v) is 5.61. The Labute approximate surface area is 151 Å². The predicted molar refractivity (Wildman–Crippen MR) is 100 cm³/mol. The van der Waals surface area contributed by atoms with E-state index in [2.05, 4.69) is 0 Å². The van der Waals surface area contributed by atoms with Gasteiger partial charge in [-0.2, -0.15) is 0 Å². The van der Waals surface area contributed by atoms with Crippen molar-refractivity contribution < 1.29 is 9.90 Å². The minimum absolute atomic E-state index is 0. The molecule has 2 rings (SSSR count). The maximum absolute atomic E-state index is 12.8. The first-order chi connectivity index (χ1) is 11.1. The largest absolute Gasteiger partial charge is 0.388 e. The van der Waals surface area contributed by atoms with E-state index < -0.39 is 11.5 Å². The van der Waals surface area contributed by atoms with Crippen LogP contribution in [-0.2, 0) is 4.79 Å². The van der Waals surface area contributed by atoms with E-state index in [0.29, 0.717) is 6.54 Å². The van der Waals surface area contributed by atoms with Crippen molar-refractivity contribution in [2.24, 2.45) is 17.1 Å². The van der Waals surface area contributed by atoms with Crippen molar-refractivity contribution in [3.8, 4) is 0 Å². The molecule has 0 aliphatic carbocycles. The molecule has 24 heavy (non-hydrogen) atoms. The highest BCUT2D eigenvalue weighted by Crippen LogP contribution is 2.34. The maximum Gasteiger partial charge on any atom is 0.230 e. The van der Waals surface area contributed by atoms with Crippen molar-refractivity contribution in [3.63, 3.8) is 0 Å². The van der Waals surface area contributed by atoms with E-state index in [9.17, 15) is 9.90 Å². The number of halogens is 1. The molecule has 1 atom stereocenters. The van der Waals surface area contributed by atoms with Gasteiger partial charge in [0.2, 0.25) is 5.91 Å². The molecule has 1 fully saturated rings. The van der Waals surface area contributed by atoms with Gasteiger partial charge in [-0.3, -0.25) is 4.79 Å². The fourth-order valence-corrected chi connectivity index (χ4v) is 3.60. The molecule has 3 N–H and O–H groups in total. The van der Waals surface area contributed by atoms with Crippen LogP contribution in [0.4, 0.5) is 0 Å². The van der Waals surface area contributed by atoms with Crippen LogP contribution in [0.25, 0.3) is 0 Å². The van der Waals surface area contributed by atoms with Crippen LogP contribution in [-0.4, -0.2) is 35.5 Å². The Morgan fingerprint density at radius 3 is 2.25 bits per heavy atom. The lowest BCUT2D eigenvalue weighted by Gasteiger charge is -2.40. The van der Waals surface area contributed by atoms with Crippen molar-refractivity contribution in [1.29, 1.82) is 0 Å². The summed E-state index contributed by atoms with van der Waals surface area (Å²) in [6.45, 7) is 5.93. The molecule has 1 heterocycles. The van der Waals surface area contributed by atoms with Crippen molar-refractivity contribution in [3.05, 3.63) is 35.9 Å². The van der Waals surface area contributed by atoms with E-state index in [-0.39, 0.29) is 24.2 Å². The molecule has 0 bridgehead atoms. The third-order valence-electron chi connectivity index (χ3n) is 5.61. The Hall–Kier alpha value is -1.10. The Kier molecular flexibility index (Phi) is 8.20. The molecule has 1 aliphatic heterocycles. The molecule has 0 radical (unpaired) electrons. The zero-order chi connectivity index (χ0) is 16.9. The van der Waals surface area contributed by atoms with Crippen molar-refractivity contribution in [2.45, 2.75) is 45.6 Å². The SMILES string of the molecule is CCC(CC)(CN)C(=O)N1CCC(C(O)c2ccccc2)CC1.Cl. The monoisotopic (exact) mass is 354 g/mol. The standard InChI is InChI=1S/C19H30N2O2.ClH/c1-3-19(4-2,14-20)18(23)21-12-10-16(11-13-21)17(22)15-8-6-5-7-9-15;/h5-9,16-17,22H,3-4,10-14,20H2,1-2H3;1H. The fourth-order valence-electron chi connectivity index (χ4n) is 3.60. The number of nitrogens with two attached hydrogens (primary N) is 1. The minimum Gasteiger partial charge on any atom is -0.388 e. The summed E-state index contributed by atoms with van der Waals surface area (Å²) in [5.74, 6) is 0.412. The zero-order valence-electron chi connectivity index (χ0n) is 14.8. The molecule has 1 aliphatic rings. The summed E-state index contributed by atoms with van der Waals surface area (Å²) >= 11 is 0. The normalized spacial score (nSPS) is 17.2. The summed E-state index contributed by atoms with van der Waals surface area (Å²) in [4.78, 5) is 14.8. The molecular formula is C19H31ClN2O2. The van der Waals surface area contributed by atoms with E-state index in [4.69, 9.17) is 5.73 Å². The molecule has 1 aromatic rings. The number of rotatable bonds is 6. The average Bonchev–Trinajstić information content (AvgIpc) is 2.64. The summed E-state index contributed by atoms with van der Waals surface area (Å²) in [5, 5.41) is 10.5. The highest BCUT2D eigenvalue weighted by atomic mass is 35.5. The summed E-state index contributed by atoms with van der Waals surface area (Å²) < 4.78 is 0. The van der Waals surface area contributed by atoms with E-state index >= 15 is 0 Å². The second-order valence-electron chi connectivity index (χ2n) is 6.68. The van der Waals surface area contributed by atoms with E-state index in [1.165, 1.54) is 0 Å². The van der Waals surface area contributed by atoms with Gasteiger partial charge in [-0.1, -0.05) is 44.2 Å². The third kappa shape index (κ3) is 4.29. The quantitative estimate of drug-likeness (QED) is 0.824.